The number of likely N-dealkylation sites (tertiary alicyclic amines) is 1. The molecule has 3 aromatic heterocycles. The maximum absolute atomic E-state index is 14.2. The molecule has 0 bridgehead atoms. The normalized spacial score (nSPS) is 14.6. The molecule has 11 heteroatoms. The number of ether oxygens (including phenoxy) is 2. The summed E-state index contributed by atoms with van der Waals surface area (Å²) in [5, 5.41) is 3.28. The van der Waals surface area contributed by atoms with Crippen molar-refractivity contribution in [1.29, 1.82) is 0 Å². The zero-order valence-corrected chi connectivity index (χ0v) is 23.1. The van der Waals surface area contributed by atoms with Crippen LogP contribution in [-0.2, 0) is 0 Å². The van der Waals surface area contributed by atoms with E-state index in [-0.39, 0.29) is 22.4 Å². The number of carbonyl (C=O) groups excluding carboxylic acids is 1. The van der Waals surface area contributed by atoms with Crippen LogP contribution in [0, 0.1) is 5.82 Å². The number of anilines is 2. The fourth-order valence-corrected chi connectivity index (χ4v) is 5.83. The van der Waals surface area contributed by atoms with Gasteiger partial charge in [0.1, 0.15) is 16.4 Å². The van der Waals surface area contributed by atoms with E-state index in [0.717, 1.165) is 49.2 Å². The van der Waals surface area contributed by atoms with Gasteiger partial charge < -0.3 is 25.4 Å². The minimum Gasteiger partial charge on any atom is -0.489 e. The number of fused-ring (bicyclic) bond motifs is 1. The van der Waals surface area contributed by atoms with E-state index in [0.29, 0.717) is 33.4 Å². The lowest BCUT2D eigenvalue weighted by Crippen LogP contribution is -2.29. The smallest absolute Gasteiger partial charge is 0.259 e. The van der Waals surface area contributed by atoms with Gasteiger partial charge in [0.05, 0.1) is 47.1 Å². The Kier molecular flexibility index (Phi) is 7.62. The SMILES string of the molecule is COc1ncc(F)cc1-c1c(C(N)=O)sc2cnc(Nc3ccc(C4CCN(C)CC4)cc3OC(C)C)nc12. The number of benzene rings is 1. The molecule has 4 aromatic rings. The van der Waals surface area contributed by atoms with Crippen molar-refractivity contribution in [2.75, 3.05) is 32.6 Å². The highest BCUT2D eigenvalue weighted by Crippen LogP contribution is 2.42. The summed E-state index contributed by atoms with van der Waals surface area (Å²) in [6, 6.07) is 7.46. The third-order valence-electron chi connectivity index (χ3n) is 6.74. The molecule has 0 spiro atoms. The third kappa shape index (κ3) is 5.64. The highest BCUT2D eigenvalue weighted by atomic mass is 32.1. The number of rotatable bonds is 8. The van der Waals surface area contributed by atoms with Gasteiger partial charge in [-0.1, -0.05) is 6.07 Å². The molecule has 4 heterocycles. The first-order valence-corrected chi connectivity index (χ1v) is 13.6. The van der Waals surface area contributed by atoms with Crippen molar-refractivity contribution in [3.8, 4) is 22.8 Å². The number of halogens is 1. The van der Waals surface area contributed by atoms with E-state index in [4.69, 9.17) is 20.2 Å². The number of piperidine rings is 1. The lowest BCUT2D eigenvalue weighted by Gasteiger charge is -2.29. The van der Waals surface area contributed by atoms with Crippen LogP contribution in [0.25, 0.3) is 21.3 Å². The molecule has 0 unspecified atom stereocenters. The van der Waals surface area contributed by atoms with E-state index >= 15 is 0 Å². The average Bonchev–Trinajstić information content (AvgIpc) is 3.29. The summed E-state index contributed by atoms with van der Waals surface area (Å²) in [5.41, 5.74) is 8.73. The number of nitrogens with two attached hydrogens (primary N) is 1. The second-order valence-electron chi connectivity index (χ2n) is 9.91. The van der Waals surface area contributed by atoms with E-state index in [1.54, 1.807) is 6.20 Å². The second kappa shape index (κ2) is 11.1. The Morgan fingerprint density at radius 1 is 1.21 bits per heavy atom. The van der Waals surface area contributed by atoms with Crippen molar-refractivity contribution < 1.29 is 18.7 Å². The third-order valence-corrected chi connectivity index (χ3v) is 7.87. The van der Waals surface area contributed by atoms with Crippen LogP contribution in [0.15, 0.2) is 36.7 Å². The van der Waals surface area contributed by atoms with Crippen molar-refractivity contribution >= 4 is 39.1 Å². The first kappa shape index (κ1) is 26.8. The van der Waals surface area contributed by atoms with Gasteiger partial charge in [-0.3, -0.25) is 4.79 Å². The van der Waals surface area contributed by atoms with E-state index in [2.05, 4.69) is 39.4 Å². The summed E-state index contributed by atoms with van der Waals surface area (Å²) in [5.74, 6) is 0.404. The predicted octanol–water partition coefficient (Wildman–Crippen LogP) is 5.34. The summed E-state index contributed by atoms with van der Waals surface area (Å²) in [4.78, 5) is 28.1. The van der Waals surface area contributed by atoms with Crippen molar-refractivity contribution in [1.82, 2.24) is 19.9 Å². The largest absolute Gasteiger partial charge is 0.489 e. The summed E-state index contributed by atoms with van der Waals surface area (Å²) >= 11 is 1.14. The number of primary amides is 1. The maximum Gasteiger partial charge on any atom is 0.259 e. The maximum atomic E-state index is 14.2. The first-order chi connectivity index (χ1) is 18.7. The van der Waals surface area contributed by atoms with Crippen molar-refractivity contribution in [2.24, 2.45) is 5.73 Å². The Labute approximate surface area is 230 Å². The van der Waals surface area contributed by atoms with Gasteiger partial charge in [-0.25, -0.2) is 19.3 Å². The van der Waals surface area contributed by atoms with E-state index < -0.39 is 11.7 Å². The average molecular weight is 551 g/mol. The molecule has 204 valence electrons. The summed E-state index contributed by atoms with van der Waals surface area (Å²) in [6.07, 6.45) is 4.84. The Morgan fingerprint density at radius 3 is 2.67 bits per heavy atom. The standard InChI is InChI=1S/C28H31FN6O3S/c1-15(2)38-21-11-17(16-7-9-35(3)10-8-16)5-6-20(21)33-28-32-14-22-24(34-28)23(25(39-22)26(30)36)19-12-18(29)13-31-27(19)37-4/h5-6,11-16H,7-10H2,1-4H3,(H2,30,36)(H,32,33,34). The van der Waals surface area contributed by atoms with Gasteiger partial charge in [0.2, 0.25) is 11.8 Å². The van der Waals surface area contributed by atoms with Gasteiger partial charge in [0.25, 0.3) is 5.91 Å². The molecule has 0 radical (unpaired) electrons. The Morgan fingerprint density at radius 2 is 1.97 bits per heavy atom. The van der Waals surface area contributed by atoms with E-state index in [1.165, 1.54) is 18.7 Å². The molecule has 1 aromatic carbocycles. The van der Waals surface area contributed by atoms with Crippen molar-refractivity contribution in [3.05, 3.63) is 52.9 Å². The Balaban J connectivity index is 1.55. The topological polar surface area (TPSA) is 115 Å². The van der Waals surface area contributed by atoms with E-state index in [9.17, 15) is 9.18 Å². The van der Waals surface area contributed by atoms with Gasteiger partial charge in [-0.2, -0.15) is 0 Å². The number of nitrogens with one attached hydrogen (secondary N) is 1. The zero-order chi connectivity index (χ0) is 27.7. The number of aromatic nitrogens is 3. The molecule has 3 N–H and O–H groups in total. The fourth-order valence-electron chi connectivity index (χ4n) is 4.86. The number of pyridine rings is 1. The van der Waals surface area contributed by atoms with Gasteiger partial charge >= 0.3 is 0 Å². The molecule has 9 nitrogen and oxygen atoms in total. The van der Waals surface area contributed by atoms with Crippen LogP contribution in [-0.4, -0.2) is 59.1 Å². The number of carbonyl (C=O) groups is 1. The summed E-state index contributed by atoms with van der Waals surface area (Å²) in [7, 11) is 3.58. The highest BCUT2D eigenvalue weighted by Gasteiger charge is 2.25. The first-order valence-electron chi connectivity index (χ1n) is 12.8. The van der Waals surface area contributed by atoms with E-state index in [1.807, 2.05) is 19.9 Å². The number of amides is 1. The minimum absolute atomic E-state index is 0.0313. The summed E-state index contributed by atoms with van der Waals surface area (Å²) in [6.45, 7) is 6.11. The molecule has 39 heavy (non-hydrogen) atoms. The molecule has 0 atom stereocenters. The molecule has 1 aliphatic heterocycles. The van der Waals surface area contributed by atoms with Gasteiger partial charge in [-0.05, 0) is 76.5 Å². The molecule has 0 saturated carbocycles. The van der Waals surface area contributed by atoms with Crippen LogP contribution in [0.4, 0.5) is 16.0 Å². The summed E-state index contributed by atoms with van der Waals surface area (Å²) < 4.78 is 26.4. The molecule has 1 saturated heterocycles. The second-order valence-corrected chi connectivity index (χ2v) is 11.0. The quantitative estimate of drug-likeness (QED) is 0.302. The molecule has 5 rings (SSSR count). The highest BCUT2D eigenvalue weighted by molar-refractivity contribution is 7.21. The molecular formula is C28H31FN6O3S. The monoisotopic (exact) mass is 550 g/mol. The molecule has 1 amide bonds. The Bertz CT molecular complexity index is 1520. The predicted molar refractivity (Wildman–Crippen MR) is 151 cm³/mol. The number of nitrogens with zero attached hydrogens (tertiary/aromatic N) is 4. The fraction of sp³-hybridized carbons (Fsp3) is 0.357. The van der Waals surface area contributed by atoms with Crippen molar-refractivity contribution in [2.45, 2.75) is 38.7 Å². The molecule has 0 aliphatic carbocycles. The number of methoxy groups -OCH3 is 1. The van der Waals surface area contributed by atoms with Gasteiger partial charge in [0, 0.05) is 5.56 Å². The zero-order valence-electron chi connectivity index (χ0n) is 22.3. The van der Waals surface area contributed by atoms with Crippen LogP contribution >= 0.6 is 11.3 Å². The molecule has 1 fully saturated rings. The minimum atomic E-state index is -0.661. The molecular weight excluding hydrogens is 519 g/mol. The van der Waals surface area contributed by atoms with Crippen LogP contribution in [0.2, 0.25) is 0 Å². The lowest BCUT2D eigenvalue weighted by molar-refractivity contribution is 0.100. The van der Waals surface area contributed by atoms with Crippen molar-refractivity contribution in [3.63, 3.8) is 0 Å². The van der Waals surface area contributed by atoms with Gasteiger partial charge in [-0.15, -0.1) is 11.3 Å². The number of hydrogen-bond acceptors (Lipinski definition) is 9. The Hall–Kier alpha value is -3.83. The molecule has 1 aliphatic rings. The van der Waals surface area contributed by atoms with Crippen LogP contribution in [0.5, 0.6) is 11.6 Å². The number of hydrogen-bond donors (Lipinski definition) is 2. The number of thiophene rings is 1. The van der Waals surface area contributed by atoms with Crippen LogP contribution < -0.4 is 20.5 Å². The lowest BCUT2D eigenvalue weighted by atomic mass is 9.89. The van der Waals surface area contributed by atoms with Crippen LogP contribution in [0.1, 0.15) is 47.8 Å². The van der Waals surface area contributed by atoms with Crippen LogP contribution in [0.3, 0.4) is 0 Å². The van der Waals surface area contributed by atoms with Gasteiger partial charge in [0.15, 0.2) is 0 Å².